The molecule has 5 nitrogen and oxygen atoms in total. The van der Waals surface area contributed by atoms with E-state index in [1.165, 1.54) is 13.0 Å². The fourth-order valence-corrected chi connectivity index (χ4v) is 5.64. The van der Waals surface area contributed by atoms with Gasteiger partial charge in [0.25, 0.3) is 0 Å². The molecule has 1 fully saturated rings. The summed E-state index contributed by atoms with van der Waals surface area (Å²) in [5.41, 5.74) is 1.56. The molecule has 2 N–H and O–H groups in total. The second-order valence-electron chi connectivity index (χ2n) is 10.6. The molecule has 3 aromatic rings. The molecule has 0 bridgehead atoms. The number of rotatable bonds is 9. The first kappa shape index (κ1) is 25.1. The van der Waals surface area contributed by atoms with Gasteiger partial charge in [-0.1, -0.05) is 24.3 Å². The number of halogens is 3. The lowest BCUT2D eigenvalue weighted by molar-refractivity contribution is 0.0169. The van der Waals surface area contributed by atoms with Crippen LogP contribution in [0.5, 0.6) is 5.75 Å². The first-order chi connectivity index (χ1) is 17.3. The Hall–Kier alpha value is -2.55. The lowest BCUT2D eigenvalue weighted by Gasteiger charge is -2.43. The van der Waals surface area contributed by atoms with Crippen LogP contribution in [0.25, 0.3) is 10.9 Å². The minimum Gasteiger partial charge on any atom is -0.493 e. The van der Waals surface area contributed by atoms with Crippen molar-refractivity contribution < 1.29 is 23.0 Å². The second-order valence-corrected chi connectivity index (χ2v) is 10.6. The molecule has 5 rings (SSSR count). The van der Waals surface area contributed by atoms with Crippen molar-refractivity contribution in [2.75, 3.05) is 39.6 Å². The molecule has 0 radical (unpaired) electrons. The van der Waals surface area contributed by atoms with Crippen LogP contribution >= 0.6 is 0 Å². The number of aliphatic hydroxyl groups excluding tert-OH is 1. The monoisotopic (exact) mass is 501 g/mol. The number of likely N-dealkylation sites (tertiary alicyclic amines) is 1. The van der Waals surface area contributed by atoms with Crippen molar-refractivity contribution in [1.29, 1.82) is 0 Å². The van der Waals surface area contributed by atoms with E-state index < -0.39 is 30.9 Å². The van der Waals surface area contributed by atoms with Gasteiger partial charge in [0.2, 0.25) is 0 Å². The van der Waals surface area contributed by atoms with Gasteiger partial charge in [-0.15, -0.1) is 0 Å². The normalized spacial score (nSPS) is 22.8. The first-order valence-corrected chi connectivity index (χ1v) is 12.6. The summed E-state index contributed by atoms with van der Waals surface area (Å²) < 4.78 is 49.1. The van der Waals surface area contributed by atoms with E-state index in [9.17, 15) is 9.50 Å². The quantitative estimate of drug-likeness (QED) is 0.406. The van der Waals surface area contributed by atoms with Crippen molar-refractivity contribution >= 4 is 10.9 Å². The number of fused-ring (bicyclic) bond motifs is 3. The predicted molar refractivity (Wildman–Crippen MR) is 134 cm³/mol. The van der Waals surface area contributed by atoms with Crippen LogP contribution in [-0.4, -0.2) is 71.2 Å². The number of H-pyrrole nitrogens is 1. The van der Waals surface area contributed by atoms with Gasteiger partial charge < -0.3 is 14.8 Å². The van der Waals surface area contributed by atoms with E-state index in [-0.39, 0.29) is 12.6 Å². The van der Waals surface area contributed by atoms with Gasteiger partial charge in [0, 0.05) is 53.9 Å². The Balaban J connectivity index is 1.43. The van der Waals surface area contributed by atoms with Crippen LogP contribution in [0.1, 0.15) is 43.1 Å². The van der Waals surface area contributed by atoms with Gasteiger partial charge >= 0.3 is 0 Å². The lowest BCUT2D eigenvalue weighted by Crippen LogP contribution is -2.49. The fourth-order valence-electron chi connectivity index (χ4n) is 5.64. The Labute approximate surface area is 209 Å². The summed E-state index contributed by atoms with van der Waals surface area (Å²) in [6.45, 7) is 4.25. The smallest absolute Gasteiger partial charge is 0.143 e. The summed E-state index contributed by atoms with van der Waals surface area (Å²) >= 11 is 0. The average Bonchev–Trinajstić information content (AvgIpc) is 3.19. The van der Waals surface area contributed by atoms with Crippen molar-refractivity contribution in [1.82, 2.24) is 14.8 Å². The van der Waals surface area contributed by atoms with Crippen LogP contribution in [0.2, 0.25) is 0 Å². The number of para-hydroxylation sites is 1. The number of aliphatic hydroxyl groups is 1. The number of benzene rings is 2. The van der Waals surface area contributed by atoms with Gasteiger partial charge in [-0.05, 0) is 50.3 Å². The van der Waals surface area contributed by atoms with E-state index in [1.54, 1.807) is 17.0 Å². The summed E-state index contributed by atoms with van der Waals surface area (Å²) in [5.74, 6) is 0.429. The second kappa shape index (κ2) is 10.1. The molecule has 194 valence electrons. The molecule has 0 amide bonds. The molecular formula is C28H34F3N3O2. The van der Waals surface area contributed by atoms with E-state index >= 15 is 8.78 Å². The van der Waals surface area contributed by atoms with E-state index in [2.05, 4.69) is 11.1 Å². The summed E-state index contributed by atoms with van der Waals surface area (Å²) in [4.78, 5) is 7.15. The largest absolute Gasteiger partial charge is 0.493 e. The Morgan fingerprint density at radius 1 is 1.19 bits per heavy atom. The molecule has 2 aromatic carbocycles. The van der Waals surface area contributed by atoms with Gasteiger partial charge in [0.1, 0.15) is 24.0 Å². The third kappa shape index (κ3) is 4.86. The van der Waals surface area contributed by atoms with Crippen LogP contribution in [0.15, 0.2) is 42.5 Å². The maximum absolute atomic E-state index is 15.6. The van der Waals surface area contributed by atoms with Crippen molar-refractivity contribution in [2.24, 2.45) is 5.92 Å². The lowest BCUT2D eigenvalue weighted by atomic mass is 9.87. The highest BCUT2D eigenvalue weighted by molar-refractivity contribution is 5.85. The average molecular weight is 502 g/mol. The van der Waals surface area contributed by atoms with Crippen LogP contribution in [-0.2, 0) is 6.42 Å². The molecule has 2 aliphatic heterocycles. The number of nitrogens with zero attached hydrogens (tertiary/aromatic N) is 2. The Bertz CT molecular complexity index is 1210. The van der Waals surface area contributed by atoms with E-state index in [0.717, 1.165) is 41.7 Å². The minimum absolute atomic E-state index is 0.0287. The highest BCUT2D eigenvalue weighted by Crippen LogP contribution is 2.42. The molecule has 0 spiro atoms. The van der Waals surface area contributed by atoms with Gasteiger partial charge in [0.05, 0.1) is 19.3 Å². The molecule has 36 heavy (non-hydrogen) atoms. The molecule has 0 saturated carbocycles. The molecule has 0 aliphatic carbocycles. The number of nitrogens with one attached hydrogen (secondary N) is 1. The Morgan fingerprint density at radius 2 is 1.97 bits per heavy atom. The summed E-state index contributed by atoms with van der Waals surface area (Å²) in [5, 5.41) is 10.7. The van der Waals surface area contributed by atoms with Crippen LogP contribution in [0.3, 0.4) is 0 Å². The number of alkyl halides is 2. The van der Waals surface area contributed by atoms with Crippen molar-refractivity contribution in [2.45, 2.75) is 44.4 Å². The molecular weight excluding hydrogens is 467 g/mol. The minimum atomic E-state index is -1.82. The zero-order chi connectivity index (χ0) is 25.4. The fraction of sp³-hybridized carbons (Fsp3) is 0.500. The maximum atomic E-state index is 15.6. The third-order valence-electron chi connectivity index (χ3n) is 7.62. The highest BCUT2D eigenvalue weighted by Gasteiger charge is 2.40. The predicted octanol–water partition coefficient (Wildman–Crippen LogP) is 4.99. The topological polar surface area (TPSA) is 51.7 Å². The van der Waals surface area contributed by atoms with Gasteiger partial charge in [0.15, 0.2) is 0 Å². The maximum Gasteiger partial charge on any atom is 0.143 e. The molecule has 3 atom stereocenters. The SMILES string of the molecule is C[C@@H]1Cc2c([nH]c3ccccc23)[C@@H](c2ccc(OCCC3CN(CF)C3)cc2F)N1C[C@](C)(F)CO. The van der Waals surface area contributed by atoms with E-state index in [4.69, 9.17) is 4.74 Å². The Kier molecular flexibility index (Phi) is 7.03. The van der Waals surface area contributed by atoms with Crippen LogP contribution < -0.4 is 4.74 Å². The third-order valence-corrected chi connectivity index (χ3v) is 7.62. The molecule has 2 aliphatic rings. The molecule has 8 heteroatoms. The van der Waals surface area contributed by atoms with Crippen LogP contribution in [0.4, 0.5) is 13.2 Å². The van der Waals surface area contributed by atoms with Gasteiger partial charge in [-0.25, -0.2) is 13.2 Å². The van der Waals surface area contributed by atoms with Crippen molar-refractivity contribution in [3.8, 4) is 5.75 Å². The number of hydrogen-bond acceptors (Lipinski definition) is 4. The summed E-state index contributed by atoms with van der Waals surface area (Å²) in [6, 6.07) is 12.3. The standard InChI is InChI=1S/C28H34F3N3O2/c1-18-11-23-21-5-3-4-6-25(21)32-26(23)27(34(18)15-28(2,31)16-35)22-8-7-20(12-24(22)30)36-10-9-19-13-33(14-19)17-29/h3-8,12,18-19,27,32,35H,9-11,13-17H2,1-2H3/t18-,27-,28+/m1/s1. The number of hydrogen-bond donors (Lipinski definition) is 2. The number of aromatic amines is 1. The zero-order valence-electron chi connectivity index (χ0n) is 20.8. The summed E-state index contributed by atoms with van der Waals surface area (Å²) in [7, 11) is 0. The van der Waals surface area contributed by atoms with E-state index in [1.807, 2.05) is 30.0 Å². The first-order valence-electron chi connectivity index (χ1n) is 12.6. The molecule has 3 heterocycles. The van der Waals surface area contributed by atoms with Gasteiger partial charge in [-0.2, -0.15) is 0 Å². The van der Waals surface area contributed by atoms with Crippen molar-refractivity contribution in [3.05, 3.63) is 65.1 Å². The van der Waals surface area contributed by atoms with Crippen LogP contribution in [0, 0.1) is 11.7 Å². The zero-order valence-corrected chi connectivity index (χ0v) is 20.8. The Morgan fingerprint density at radius 3 is 2.69 bits per heavy atom. The number of ether oxygens (including phenoxy) is 1. The number of aromatic nitrogens is 1. The summed E-state index contributed by atoms with van der Waals surface area (Å²) in [6.07, 6.45) is 1.49. The van der Waals surface area contributed by atoms with E-state index in [0.29, 0.717) is 30.3 Å². The van der Waals surface area contributed by atoms with Crippen molar-refractivity contribution in [3.63, 3.8) is 0 Å². The molecule has 1 aromatic heterocycles. The molecule has 0 unspecified atom stereocenters. The molecule has 1 saturated heterocycles. The highest BCUT2D eigenvalue weighted by atomic mass is 19.1. The van der Waals surface area contributed by atoms with Gasteiger partial charge in [-0.3, -0.25) is 9.80 Å².